The molecule has 0 spiro atoms. The SMILES string of the molecule is Fc1ccc(Cc2noc(OCc3n[nH]c4c3COCC4)n2)cc1. The quantitative estimate of drug-likeness (QED) is 0.771. The van der Waals surface area contributed by atoms with Gasteiger partial charge in [-0.25, -0.2) is 4.39 Å². The van der Waals surface area contributed by atoms with E-state index < -0.39 is 0 Å². The molecule has 1 aromatic carbocycles. The summed E-state index contributed by atoms with van der Waals surface area (Å²) in [4.78, 5) is 4.18. The van der Waals surface area contributed by atoms with Crippen LogP contribution in [0, 0.1) is 5.82 Å². The second kappa shape index (κ2) is 6.40. The first-order valence-electron chi connectivity index (χ1n) is 7.60. The van der Waals surface area contributed by atoms with E-state index in [1.807, 2.05) is 0 Å². The summed E-state index contributed by atoms with van der Waals surface area (Å²) in [6.45, 7) is 1.46. The first-order chi connectivity index (χ1) is 11.8. The smallest absolute Gasteiger partial charge is 0.417 e. The summed E-state index contributed by atoms with van der Waals surface area (Å²) in [7, 11) is 0. The van der Waals surface area contributed by atoms with Crippen LogP contribution in [0.3, 0.4) is 0 Å². The molecule has 0 saturated carbocycles. The zero-order chi connectivity index (χ0) is 16.4. The Hall–Kier alpha value is -2.74. The number of hydrogen-bond donors (Lipinski definition) is 1. The number of ether oxygens (including phenoxy) is 2. The van der Waals surface area contributed by atoms with Crippen molar-refractivity contribution in [3.63, 3.8) is 0 Å². The highest BCUT2D eigenvalue weighted by atomic mass is 19.1. The molecule has 0 atom stereocenters. The highest BCUT2D eigenvalue weighted by Crippen LogP contribution is 2.20. The summed E-state index contributed by atoms with van der Waals surface area (Å²) in [6, 6.07) is 6.16. The van der Waals surface area contributed by atoms with Crippen molar-refractivity contribution in [1.29, 1.82) is 0 Å². The third-order valence-electron chi connectivity index (χ3n) is 3.84. The van der Waals surface area contributed by atoms with E-state index in [0.29, 0.717) is 25.5 Å². The van der Waals surface area contributed by atoms with Crippen LogP contribution in [0.25, 0.3) is 0 Å². The molecule has 4 rings (SSSR count). The topological polar surface area (TPSA) is 86.1 Å². The van der Waals surface area contributed by atoms with Gasteiger partial charge >= 0.3 is 6.08 Å². The molecule has 1 aliphatic heterocycles. The van der Waals surface area contributed by atoms with Crippen LogP contribution in [0.2, 0.25) is 0 Å². The molecule has 8 heteroatoms. The van der Waals surface area contributed by atoms with Gasteiger partial charge < -0.3 is 9.47 Å². The third kappa shape index (κ3) is 3.13. The van der Waals surface area contributed by atoms with Crippen LogP contribution in [0.4, 0.5) is 4.39 Å². The van der Waals surface area contributed by atoms with Crippen molar-refractivity contribution in [2.24, 2.45) is 0 Å². The molecule has 2 aromatic heterocycles. The Balaban J connectivity index is 1.38. The molecule has 0 aliphatic carbocycles. The summed E-state index contributed by atoms with van der Waals surface area (Å²) >= 11 is 0. The molecule has 0 fully saturated rings. The van der Waals surface area contributed by atoms with Gasteiger partial charge in [0.15, 0.2) is 5.82 Å². The monoisotopic (exact) mass is 330 g/mol. The minimum atomic E-state index is -0.276. The van der Waals surface area contributed by atoms with E-state index >= 15 is 0 Å². The van der Waals surface area contributed by atoms with Crippen molar-refractivity contribution in [3.05, 3.63) is 58.4 Å². The van der Waals surface area contributed by atoms with Crippen LogP contribution in [0.15, 0.2) is 28.8 Å². The highest BCUT2D eigenvalue weighted by molar-refractivity contribution is 5.26. The van der Waals surface area contributed by atoms with Crippen molar-refractivity contribution in [1.82, 2.24) is 20.3 Å². The lowest BCUT2D eigenvalue weighted by molar-refractivity contribution is 0.108. The Morgan fingerprint density at radius 1 is 1.25 bits per heavy atom. The lowest BCUT2D eigenvalue weighted by atomic mass is 10.1. The second-order valence-electron chi connectivity index (χ2n) is 5.50. The van der Waals surface area contributed by atoms with Gasteiger partial charge in [0.25, 0.3) is 0 Å². The van der Waals surface area contributed by atoms with Gasteiger partial charge in [-0.05, 0) is 17.7 Å². The number of aromatic nitrogens is 4. The largest absolute Gasteiger partial charge is 0.442 e. The molecular formula is C16H15FN4O3. The number of nitrogens with one attached hydrogen (secondary N) is 1. The molecule has 0 saturated heterocycles. The average molecular weight is 330 g/mol. The fourth-order valence-electron chi connectivity index (χ4n) is 2.57. The van der Waals surface area contributed by atoms with E-state index in [1.54, 1.807) is 12.1 Å². The van der Waals surface area contributed by atoms with Crippen molar-refractivity contribution in [2.45, 2.75) is 26.1 Å². The zero-order valence-electron chi connectivity index (χ0n) is 12.8. The maximum atomic E-state index is 12.9. The van der Waals surface area contributed by atoms with Crippen LogP contribution >= 0.6 is 0 Å². The lowest BCUT2D eigenvalue weighted by Gasteiger charge is -2.11. The molecular weight excluding hydrogens is 315 g/mol. The van der Waals surface area contributed by atoms with Crippen LogP contribution in [-0.2, 0) is 30.8 Å². The Bertz CT molecular complexity index is 828. The maximum Gasteiger partial charge on any atom is 0.417 e. The Labute approximate surface area is 136 Å². The fourth-order valence-corrected chi connectivity index (χ4v) is 2.57. The molecule has 0 unspecified atom stereocenters. The molecule has 24 heavy (non-hydrogen) atoms. The van der Waals surface area contributed by atoms with E-state index in [-0.39, 0.29) is 18.5 Å². The minimum absolute atomic E-state index is 0.0839. The number of aromatic amines is 1. The van der Waals surface area contributed by atoms with Crippen LogP contribution in [0.5, 0.6) is 6.08 Å². The normalized spacial score (nSPS) is 13.7. The molecule has 3 heterocycles. The average Bonchev–Trinajstić information content (AvgIpc) is 3.22. The van der Waals surface area contributed by atoms with Gasteiger partial charge in [0.2, 0.25) is 0 Å². The number of H-pyrrole nitrogens is 1. The molecule has 0 amide bonds. The number of fused-ring (bicyclic) bond motifs is 1. The molecule has 7 nitrogen and oxygen atoms in total. The van der Waals surface area contributed by atoms with E-state index in [1.165, 1.54) is 12.1 Å². The van der Waals surface area contributed by atoms with Gasteiger partial charge in [0, 0.05) is 24.1 Å². The van der Waals surface area contributed by atoms with E-state index in [4.69, 9.17) is 14.0 Å². The third-order valence-corrected chi connectivity index (χ3v) is 3.84. The van der Waals surface area contributed by atoms with E-state index in [0.717, 1.165) is 28.9 Å². The second-order valence-corrected chi connectivity index (χ2v) is 5.50. The van der Waals surface area contributed by atoms with Crippen LogP contribution in [-0.4, -0.2) is 26.9 Å². The Kier molecular flexibility index (Phi) is 3.96. The van der Waals surface area contributed by atoms with Crippen molar-refractivity contribution >= 4 is 0 Å². The van der Waals surface area contributed by atoms with Gasteiger partial charge in [0.05, 0.1) is 13.2 Å². The summed E-state index contributed by atoms with van der Waals surface area (Å²) in [5.41, 5.74) is 3.79. The number of hydrogen-bond acceptors (Lipinski definition) is 6. The summed E-state index contributed by atoms with van der Waals surface area (Å²) in [5.74, 6) is 0.200. The van der Waals surface area contributed by atoms with Crippen molar-refractivity contribution in [2.75, 3.05) is 6.61 Å². The highest BCUT2D eigenvalue weighted by Gasteiger charge is 2.18. The number of rotatable bonds is 5. The first kappa shape index (κ1) is 14.8. The van der Waals surface area contributed by atoms with Crippen molar-refractivity contribution in [3.8, 4) is 6.08 Å². The van der Waals surface area contributed by atoms with Gasteiger partial charge in [-0.1, -0.05) is 17.3 Å². The first-order valence-corrected chi connectivity index (χ1v) is 7.60. The maximum absolute atomic E-state index is 12.9. The van der Waals surface area contributed by atoms with Crippen LogP contribution < -0.4 is 4.74 Å². The summed E-state index contributed by atoms with van der Waals surface area (Å²) in [5, 5.41) is 11.1. The van der Waals surface area contributed by atoms with Gasteiger partial charge in [-0.3, -0.25) is 9.62 Å². The molecule has 1 aliphatic rings. The van der Waals surface area contributed by atoms with E-state index in [9.17, 15) is 4.39 Å². The molecule has 124 valence electrons. The summed E-state index contributed by atoms with van der Waals surface area (Å²) in [6.07, 6.45) is 1.35. The van der Waals surface area contributed by atoms with Crippen molar-refractivity contribution < 1.29 is 18.4 Å². The number of benzene rings is 1. The Morgan fingerprint density at radius 2 is 2.12 bits per heavy atom. The fraction of sp³-hybridized carbons (Fsp3) is 0.312. The minimum Gasteiger partial charge on any atom is -0.442 e. The standard InChI is InChI=1S/C16H15FN4O3/c17-11-3-1-10(2-4-11)7-15-18-16(24-21-15)23-9-14-12-8-22-6-5-13(12)19-20-14/h1-4H,5-9H2,(H,19,20). The summed E-state index contributed by atoms with van der Waals surface area (Å²) < 4.78 is 28.9. The van der Waals surface area contributed by atoms with Gasteiger partial charge in [-0.15, -0.1) is 0 Å². The van der Waals surface area contributed by atoms with E-state index in [2.05, 4.69) is 20.3 Å². The molecule has 1 N–H and O–H groups in total. The predicted molar refractivity (Wildman–Crippen MR) is 79.8 cm³/mol. The van der Waals surface area contributed by atoms with Gasteiger partial charge in [0.1, 0.15) is 18.1 Å². The Morgan fingerprint density at radius 3 is 3.00 bits per heavy atom. The number of nitrogens with zero attached hydrogens (tertiary/aromatic N) is 3. The number of halogens is 1. The van der Waals surface area contributed by atoms with Gasteiger partial charge in [-0.2, -0.15) is 10.1 Å². The predicted octanol–water partition coefficient (Wildman–Crippen LogP) is 2.17. The zero-order valence-corrected chi connectivity index (χ0v) is 12.8. The molecule has 0 radical (unpaired) electrons. The molecule has 0 bridgehead atoms. The lowest BCUT2D eigenvalue weighted by Crippen LogP contribution is -2.10. The molecule has 3 aromatic rings. The van der Waals surface area contributed by atoms with Crippen LogP contribution in [0.1, 0.15) is 28.3 Å².